The van der Waals surface area contributed by atoms with Gasteiger partial charge < -0.3 is 24.8 Å². The van der Waals surface area contributed by atoms with Gasteiger partial charge in [-0.15, -0.1) is 0 Å². The molecule has 0 amide bonds. The van der Waals surface area contributed by atoms with Crippen molar-refractivity contribution in [3.05, 3.63) is 57.1 Å². The maximum Gasteiger partial charge on any atom is -1.00 e. The summed E-state index contributed by atoms with van der Waals surface area (Å²) in [6.45, 7) is 4.88. The molecule has 1 aliphatic heterocycles. The average molecular weight is 389 g/mol. The molecule has 0 saturated carbocycles. The van der Waals surface area contributed by atoms with E-state index in [4.69, 9.17) is 0 Å². The molecule has 0 aromatic heterocycles. The van der Waals surface area contributed by atoms with Crippen molar-refractivity contribution in [3.8, 4) is 0 Å². The van der Waals surface area contributed by atoms with Crippen molar-refractivity contribution in [3.63, 3.8) is 0 Å². The zero-order valence-electron chi connectivity index (χ0n) is 11.0. The Hall–Kier alpha value is 0.0500. The van der Waals surface area contributed by atoms with Gasteiger partial charge in [0, 0.05) is 11.8 Å². The van der Waals surface area contributed by atoms with Gasteiger partial charge in [0.15, 0.2) is 0 Å². The van der Waals surface area contributed by atoms with Crippen LogP contribution >= 0.6 is 0 Å². The fraction of sp³-hybridized carbons (Fsp3) is 0.214. The zero-order valence-corrected chi connectivity index (χ0v) is 16.0. The van der Waals surface area contributed by atoms with E-state index in [-0.39, 0.29) is 53.1 Å². The second kappa shape index (κ2) is 9.88. The van der Waals surface area contributed by atoms with Gasteiger partial charge in [-0.05, 0) is 12.2 Å². The van der Waals surface area contributed by atoms with Crippen molar-refractivity contribution in [2.75, 3.05) is 0 Å². The standard InChI is InChI=1S/C7H5N.C5H5.C2H6Si.2ClH.Zr/c1-2-6-4-5-8-7(6)3-1;1-2-4-5-3-1;1-3-2;;;/h1-5H;1-3H,4H2;1-2H3;2*1H;/q;;;;;+2/p-2. The summed E-state index contributed by atoms with van der Waals surface area (Å²) in [4.78, 5) is 4.08. The van der Waals surface area contributed by atoms with Gasteiger partial charge in [-0.2, -0.15) is 0 Å². The van der Waals surface area contributed by atoms with Gasteiger partial charge in [0.2, 0.25) is 0 Å². The van der Waals surface area contributed by atoms with Gasteiger partial charge in [-0.25, -0.2) is 0 Å². The summed E-state index contributed by atoms with van der Waals surface area (Å²) in [7, 11) is 0. The predicted octanol–water partition coefficient (Wildman–Crippen LogP) is -2.38. The number of aliphatic imine (C=N–C) groups is 1. The maximum absolute atomic E-state index is 4.08. The average Bonchev–Trinajstić information content (AvgIpc) is 2.91. The van der Waals surface area contributed by atoms with E-state index < -0.39 is 0 Å². The van der Waals surface area contributed by atoms with Crippen LogP contribution in [0.25, 0.3) is 0 Å². The van der Waals surface area contributed by atoms with Crippen molar-refractivity contribution in [2.24, 2.45) is 4.99 Å². The Labute approximate surface area is 140 Å². The van der Waals surface area contributed by atoms with E-state index in [2.05, 4.69) is 42.4 Å². The van der Waals surface area contributed by atoms with E-state index >= 15 is 0 Å². The van der Waals surface area contributed by atoms with Crippen LogP contribution in [0.1, 0.15) is 6.42 Å². The molecule has 2 aliphatic carbocycles. The first kappa shape index (κ1) is 19.1. The summed E-state index contributed by atoms with van der Waals surface area (Å²) in [6.07, 6.45) is 18.0. The van der Waals surface area contributed by atoms with Crippen molar-refractivity contribution in [2.45, 2.75) is 19.5 Å². The summed E-state index contributed by atoms with van der Waals surface area (Å²) in [5.41, 5.74) is 2.34. The minimum Gasteiger partial charge on any atom is -1.00 e. The molecule has 19 heavy (non-hydrogen) atoms. The first-order valence-electron chi connectivity index (χ1n) is 5.81. The summed E-state index contributed by atoms with van der Waals surface area (Å²) < 4.78 is 1.80. The van der Waals surface area contributed by atoms with E-state index in [1.165, 1.54) is 12.0 Å². The Balaban J connectivity index is 0.000000309. The Morgan fingerprint density at radius 1 is 1.11 bits per heavy atom. The number of halogens is 2. The number of nitrogens with zero attached hydrogens (tertiary/aromatic N) is 1. The molecule has 99 valence electrons. The zero-order chi connectivity index (χ0) is 12.1. The SMILES string of the molecule is C1=CC2=CC=NC2=C1.C[Si](C)[Zr+2][C]1=CC=CC1.[Cl-].[Cl-]. The number of hydrogen-bond acceptors (Lipinski definition) is 1. The number of rotatable bonds is 2. The first-order chi connectivity index (χ1) is 8.25. The van der Waals surface area contributed by atoms with Gasteiger partial charge in [0.05, 0.1) is 5.70 Å². The molecule has 0 saturated heterocycles. The molecule has 0 fully saturated rings. The summed E-state index contributed by atoms with van der Waals surface area (Å²) in [5, 5.41) is 0. The molecule has 0 aromatic rings. The van der Waals surface area contributed by atoms with E-state index in [0.717, 1.165) is 5.70 Å². The fourth-order valence-electron chi connectivity index (χ4n) is 1.74. The molecule has 0 bridgehead atoms. The quantitative estimate of drug-likeness (QED) is 0.469. The van der Waals surface area contributed by atoms with Gasteiger partial charge in [0.25, 0.3) is 0 Å². The van der Waals surface area contributed by atoms with E-state index in [0.29, 0.717) is 0 Å². The number of hydrogen-bond donors (Lipinski definition) is 0. The van der Waals surface area contributed by atoms with Crippen LogP contribution in [0.2, 0.25) is 13.1 Å². The molecule has 1 heterocycles. The molecular weight excluding hydrogens is 372 g/mol. The molecule has 0 unspecified atom stereocenters. The molecule has 0 atom stereocenters. The van der Waals surface area contributed by atoms with E-state index in [1.807, 2.05) is 24.4 Å². The van der Waals surface area contributed by atoms with Crippen LogP contribution in [0.4, 0.5) is 0 Å². The Morgan fingerprint density at radius 2 is 1.89 bits per heavy atom. The van der Waals surface area contributed by atoms with Crippen LogP contribution in [0.3, 0.4) is 0 Å². The van der Waals surface area contributed by atoms with Crippen LogP contribution in [0.5, 0.6) is 0 Å². The third-order valence-electron chi connectivity index (χ3n) is 2.48. The maximum atomic E-state index is 4.08. The first-order valence-corrected chi connectivity index (χ1v) is 13.2. The van der Waals surface area contributed by atoms with E-state index in [9.17, 15) is 0 Å². The molecule has 1 nitrogen and oxygen atoms in total. The fourth-order valence-corrected chi connectivity index (χ4v) is 9.20. The van der Waals surface area contributed by atoms with Gasteiger partial charge in [-0.1, -0.05) is 12.2 Å². The molecule has 0 spiro atoms. The number of allylic oxidation sites excluding steroid dienone is 8. The normalized spacial score (nSPS) is 16.5. The third-order valence-corrected chi connectivity index (χ3v) is 10.3. The minimum absolute atomic E-state index is 0. The Bertz CT molecular complexity index is 448. The van der Waals surface area contributed by atoms with Crippen molar-refractivity contribution < 1.29 is 47.2 Å². The number of fused-ring (bicyclic) bond motifs is 1. The second-order valence-electron chi connectivity index (χ2n) is 4.26. The minimum atomic E-state index is -0.0345. The molecule has 3 rings (SSSR count). The molecular formula is C14H16Cl2NSiZr. The predicted molar refractivity (Wildman–Crippen MR) is 73.1 cm³/mol. The third kappa shape index (κ3) is 6.35. The summed E-state index contributed by atoms with van der Waals surface area (Å²) in [6, 6.07) is 0. The van der Waals surface area contributed by atoms with Crippen LogP contribution in [0.15, 0.2) is 62.1 Å². The van der Waals surface area contributed by atoms with Crippen molar-refractivity contribution in [1.29, 1.82) is 0 Å². The molecule has 0 aromatic carbocycles. The monoisotopic (exact) mass is 386 g/mol. The van der Waals surface area contributed by atoms with Gasteiger partial charge in [0.1, 0.15) is 0 Å². The van der Waals surface area contributed by atoms with Crippen LogP contribution in [-0.4, -0.2) is 12.1 Å². The largest absolute Gasteiger partial charge is 1.00 e. The summed E-state index contributed by atoms with van der Waals surface area (Å²) >= 11 is -0.0345. The van der Waals surface area contributed by atoms with Crippen LogP contribution < -0.4 is 24.8 Å². The Morgan fingerprint density at radius 3 is 2.47 bits per heavy atom. The van der Waals surface area contributed by atoms with E-state index in [1.54, 1.807) is 3.28 Å². The Kier molecular flexibility index (Phi) is 9.90. The molecule has 5 heteroatoms. The van der Waals surface area contributed by atoms with Gasteiger partial charge >= 0.3 is 69.3 Å². The molecule has 1 radical (unpaired) electrons. The smallest absolute Gasteiger partial charge is 1.00 e. The summed E-state index contributed by atoms with van der Waals surface area (Å²) in [5.74, 6) is 0.144. The van der Waals surface area contributed by atoms with Crippen molar-refractivity contribution in [1.82, 2.24) is 0 Å². The second-order valence-corrected chi connectivity index (χ2v) is 17.3. The molecule has 0 N–H and O–H groups in total. The van der Waals surface area contributed by atoms with Crippen LogP contribution in [0, 0.1) is 0 Å². The van der Waals surface area contributed by atoms with Gasteiger partial charge in [-0.3, -0.25) is 4.99 Å². The topological polar surface area (TPSA) is 12.4 Å². The van der Waals surface area contributed by atoms with Crippen molar-refractivity contribution >= 4 is 12.1 Å². The molecule has 3 aliphatic rings. The van der Waals surface area contributed by atoms with Crippen LogP contribution in [-0.2, 0) is 22.4 Å².